The fourth-order valence-electron chi connectivity index (χ4n) is 1.16. The summed E-state index contributed by atoms with van der Waals surface area (Å²) in [7, 11) is 1.51. The molecule has 0 bridgehead atoms. The fourth-order valence-corrected chi connectivity index (χ4v) is 1.16. The van der Waals surface area contributed by atoms with Gasteiger partial charge in [-0.2, -0.15) is 0 Å². The van der Waals surface area contributed by atoms with Crippen LogP contribution in [0.5, 0.6) is 0 Å². The molecule has 5 nitrogen and oxygen atoms in total. The standard InChI is InChI=1S/C10H22N2O3/c1-8(11)4-3-5-10(14)12-6-9(13)7-15-2/h8-9,13H,3-7,11H2,1-2H3,(H,12,14). The highest BCUT2D eigenvalue weighted by Crippen LogP contribution is 1.97. The van der Waals surface area contributed by atoms with Crippen molar-refractivity contribution in [2.24, 2.45) is 5.73 Å². The van der Waals surface area contributed by atoms with Gasteiger partial charge in [-0.15, -0.1) is 0 Å². The van der Waals surface area contributed by atoms with Crippen LogP contribution in [-0.4, -0.2) is 43.4 Å². The molecular weight excluding hydrogens is 196 g/mol. The third kappa shape index (κ3) is 9.65. The van der Waals surface area contributed by atoms with Gasteiger partial charge in [0.1, 0.15) is 0 Å². The molecule has 0 aliphatic rings. The molecule has 0 aromatic carbocycles. The Hall–Kier alpha value is -0.650. The number of hydrogen-bond acceptors (Lipinski definition) is 4. The van der Waals surface area contributed by atoms with Crippen molar-refractivity contribution in [2.45, 2.75) is 38.3 Å². The molecule has 4 N–H and O–H groups in total. The Balaban J connectivity index is 3.40. The van der Waals surface area contributed by atoms with E-state index in [1.807, 2.05) is 6.92 Å². The van der Waals surface area contributed by atoms with E-state index in [2.05, 4.69) is 5.32 Å². The average Bonchev–Trinajstić information content (AvgIpc) is 2.14. The zero-order valence-electron chi connectivity index (χ0n) is 9.53. The van der Waals surface area contributed by atoms with Crippen LogP contribution < -0.4 is 11.1 Å². The molecule has 2 atom stereocenters. The first-order chi connectivity index (χ1) is 7.06. The molecule has 0 aromatic heterocycles. The van der Waals surface area contributed by atoms with Gasteiger partial charge in [-0.05, 0) is 19.8 Å². The molecule has 15 heavy (non-hydrogen) atoms. The van der Waals surface area contributed by atoms with Gasteiger partial charge in [0.25, 0.3) is 0 Å². The number of aliphatic hydroxyl groups is 1. The van der Waals surface area contributed by atoms with Gasteiger partial charge < -0.3 is 20.9 Å². The molecule has 0 spiro atoms. The number of hydrogen-bond donors (Lipinski definition) is 3. The summed E-state index contributed by atoms with van der Waals surface area (Å²) >= 11 is 0. The smallest absolute Gasteiger partial charge is 0.220 e. The van der Waals surface area contributed by atoms with E-state index in [1.165, 1.54) is 7.11 Å². The van der Waals surface area contributed by atoms with E-state index in [9.17, 15) is 9.90 Å². The van der Waals surface area contributed by atoms with Crippen LogP contribution in [0.15, 0.2) is 0 Å². The Morgan fingerprint density at radius 1 is 1.60 bits per heavy atom. The minimum Gasteiger partial charge on any atom is -0.389 e. The topological polar surface area (TPSA) is 84.6 Å². The van der Waals surface area contributed by atoms with Gasteiger partial charge in [0.15, 0.2) is 0 Å². The largest absolute Gasteiger partial charge is 0.389 e. The predicted molar refractivity (Wildman–Crippen MR) is 58.4 cm³/mol. The molecule has 5 heteroatoms. The molecule has 0 heterocycles. The van der Waals surface area contributed by atoms with Crippen LogP contribution in [0.25, 0.3) is 0 Å². The van der Waals surface area contributed by atoms with E-state index in [4.69, 9.17) is 10.5 Å². The molecular formula is C10H22N2O3. The molecule has 2 unspecified atom stereocenters. The minimum absolute atomic E-state index is 0.0502. The van der Waals surface area contributed by atoms with Crippen LogP contribution >= 0.6 is 0 Å². The van der Waals surface area contributed by atoms with Crippen molar-refractivity contribution in [1.82, 2.24) is 5.32 Å². The molecule has 90 valence electrons. The summed E-state index contributed by atoms with van der Waals surface area (Å²) in [6, 6.07) is 0.136. The second-order valence-electron chi connectivity index (χ2n) is 3.78. The number of nitrogens with one attached hydrogen (secondary N) is 1. The molecule has 1 amide bonds. The van der Waals surface area contributed by atoms with Gasteiger partial charge in [-0.3, -0.25) is 4.79 Å². The monoisotopic (exact) mass is 218 g/mol. The molecule has 0 radical (unpaired) electrons. The lowest BCUT2D eigenvalue weighted by Gasteiger charge is -2.10. The lowest BCUT2D eigenvalue weighted by Crippen LogP contribution is -2.34. The molecule has 0 saturated heterocycles. The van der Waals surface area contributed by atoms with Crippen LogP contribution in [0.4, 0.5) is 0 Å². The average molecular weight is 218 g/mol. The minimum atomic E-state index is -0.632. The SMILES string of the molecule is COCC(O)CNC(=O)CCCC(C)N. The molecule has 0 aromatic rings. The maximum absolute atomic E-state index is 11.2. The van der Waals surface area contributed by atoms with Crippen LogP contribution in [0.3, 0.4) is 0 Å². The zero-order valence-corrected chi connectivity index (χ0v) is 9.53. The number of aliphatic hydroxyl groups excluding tert-OH is 1. The molecule has 0 saturated carbocycles. The highest BCUT2D eigenvalue weighted by Gasteiger charge is 2.06. The molecule has 0 fully saturated rings. The van der Waals surface area contributed by atoms with E-state index in [1.54, 1.807) is 0 Å². The van der Waals surface area contributed by atoms with Crippen LogP contribution in [0, 0.1) is 0 Å². The Kier molecular flexibility index (Phi) is 8.27. The molecule has 0 aliphatic carbocycles. The number of ether oxygens (including phenoxy) is 1. The van der Waals surface area contributed by atoms with Crippen LogP contribution in [0.1, 0.15) is 26.2 Å². The van der Waals surface area contributed by atoms with Gasteiger partial charge in [0.2, 0.25) is 5.91 Å². The Bertz CT molecular complexity index is 174. The first-order valence-corrected chi connectivity index (χ1v) is 5.25. The highest BCUT2D eigenvalue weighted by molar-refractivity contribution is 5.75. The van der Waals surface area contributed by atoms with Crippen molar-refractivity contribution in [3.05, 3.63) is 0 Å². The number of carbonyl (C=O) groups is 1. The van der Waals surface area contributed by atoms with Gasteiger partial charge in [0, 0.05) is 26.1 Å². The summed E-state index contributed by atoms with van der Waals surface area (Å²) in [5, 5.41) is 11.9. The maximum atomic E-state index is 11.2. The summed E-state index contributed by atoms with van der Waals surface area (Å²) in [6.07, 6.45) is 1.45. The summed E-state index contributed by atoms with van der Waals surface area (Å²) < 4.78 is 4.73. The quantitative estimate of drug-likeness (QED) is 0.519. The lowest BCUT2D eigenvalue weighted by atomic mass is 10.1. The van der Waals surface area contributed by atoms with Gasteiger partial charge in [-0.1, -0.05) is 0 Å². The summed E-state index contributed by atoms with van der Waals surface area (Å²) in [5.41, 5.74) is 5.55. The van der Waals surface area contributed by atoms with Gasteiger partial charge in [0.05, 0.1) is 12.7 Å². The van der Waals surface area contributed by atoms with Crippen molar-refractivity contribution < 1.29 is 14.6 Å². The summed E-state index contributed by atoms with van der Waals surface area (Å²) in [4.78, 5) is 11.2. The molecule has 0 aliphatic heterocycles. The fraction of sp³-hybridized carbons (Fsp3) is 0.900. The predicted octanol–water partition coefficient (Wildman–Crippen LogP) is -0.373. The zero-order chi connectivity index (χ0) is 11.7. The van der Waals surface area contributed by atoms with Crippen molar-refractivity contribution in [2.75, 3.05) is 20.3 Å². The number of rotatable bonds is 8. The first kappa shape index (κ1) is 14.3. The maximum Gasteiger partial charge on any atom is 0.220 e. The highest BCUT2D eigenvalue weighted by atomic mass is 16.5. The van der Waals surface area contributed by atoms with E-state index in [0.29, 0.717) is 6.42 Å². The number of nitrogens with two attached hydrogens (primary N) is 1. The van der Waals surface area contributed by atoms with E-state index in [0.717, 1.165) is 12.8 Å². The van der Waals surface area contributed by atoms with Gasteiger partial charge >= 0.3 is 0 Å². The lowest BCUT2D eigenvalue weighted by molar-refractivity contribution is -0.121. The van der Waals surface area contributed by atoms with E-state index < -0.39 is 6.10 Å². The number of carbonyl (C=O) groups excluding carboxylic acids is 1. The number of amides is 1. The van der Waals surface area contributed by atoms with Crippen molar-refractivity contribution in [3.63, 3.8) is 0 Å². The van der Waals surface area contributed by atoms with Crippen LogP contribution in [-0.2, 0) is 9.53 Å². The molecule has 0 rings (SSSR count). The Morgan fingerprint density at radius 3 is 2.80 bits per heavy atom. The van der Waals surface area contributed by atoms with E-state index in [-0.39, 0.29) is 25.1 Å². The van der Waals surface area contributed by atoms with Crippen molar-refractivity contribution >= 4 is 5.91 Å². The van der Waals surface area contributed by atoms with Crippen LogP contribution in [0.2, 0.25) is 0 Å². The van der Waals surface area contributed by atoms with Crippen molar-refractivity contribution in [3.8, 4) is 0 Å². The summed E-state index contributed by atoms with van der Waals surface area (Å²) in [5.74, 6) is -0.0502. The summed E-state index contributed by atoms with van der Waals surface area (Å²) in [6.45, 7) is 2.39. The third-order valence-corrected chi connectivity index (χ3v) is 1.96. The van der Waals surface area contributed by atoms with Gasteiger partial charge in [-0.25, -0.2) is 0 Å². The number of methoxy groups -OCH3 is 1. The first-order valence-electron chi connectivity index (χ1n) is 5.25. The Labute approximate surface area is 91.0 Å². The normalized spacial score (nSPS) is 14.7. The Morgan fingerprint density at radius 2 is 2.27 bits per heavy atom. The second kappa shape index (κ2) is 8.64. The third-order valence-electron chi connectivity index (χ3n) is 1.96. The van der Waals surface area contributed by atoms with E-state index >= 15 is 0 Å². The second-order valence-corrected chi connectivity index (χ2v) is 3.78. The van der Waals surface area contributed by atoms with Crippen molar-refractivity contribution in [1.29, 1.82) is 0 Å².